The van der Waals surface area contributed by atoms with Crippen molar-refractivity contribution in [3.63, 3.8) is 0 Å². The first-order chi connectivity index (χ1) is 9.60. The van der Waals surface area contributed by atoms with Crippen LogP contribution in [0.25, 0.3) is 5.82 Å². The molecule has 0 aliphatic heterocycles. The van der Waals surface area contributed by atoms with Gasteiger partial charge in [0.2, 0.25) is 0 Å². The molecule has 7 heteroatoms. The Balaban J connectivity index is 2.10. The molecule has 1 amide bonds. The van der Waals surface area contributed by atoms with Crippen LogP contribution in [0.3, 0.4) is 0 Å². The molecule has 0 atom stereocenters. The first-order valence-electron chi connectivity index (χ1n) is 6.52. The Bertz CT molecular complexity index is 673. The van der Waals surface area contributed by atoms with Crippen molar-refractivity contribution in [2.75, 3.05) is 12.4 Å². The third kappa shape index (κ3) is 2.11. The molecule has 1 aliphatic carbocycles. The highest BCUT2D eigenvalue weighted by atomic mass is 16.1. The highest BCUT2D eigenvalue weighted by molar-refractivity contribution is 5.90. The summed E-state index contributed by atoms with van der Waals surface area (Å²) in [5.41, 5.74) is 6.34. The topological polar surface area (TPSA) is 98.7 Å². The third-order valence-electron chi connectivity index (χ3n) is 3.38. The Labute approximate surface area is 116 Å². The summed E-state index contributed by atoms with van der Waals surface area (Å²) in [6.07, 6.45) is 3.93. The molecule has 0 saturated heterocycles. The van der Waals surface area contributed by atoms with Crippen LogP contribution in [0.1, 0.15) is 40.6 Å². The summed E-state index contributed by atoms with van der Waals surface area (Å²) in [6, 6.07) is 1.58. The summed E-state index contributed by atoms with van der Waals surface area (Å²) in [6.45, 7) is 1.92. The molecule has 1 aliphatic rings. The van der Waals surface area contributed by atoms with Gasteiger partial charge in [0.15, 0.2) is 5.82 Å². The van der Waals surface area contributed by atoms with E-state index in [-0.39, 0.29) is 5.69 Å². The Morgan fingerprint density at radius 3 is 2.75 bits per heavy atom. The first kappa shape index (κ1) is 12.6. The number of rotatable bonds is 4. The van der Waals surface area contributed by atoms with Gasteiger partial charge in [0.25, 0.3) is 5.91 Å². The van der Waals surface area contributed by atoms with Crippen LogP contribution in [-0.2, 0) is 0 Å². The summed E-state index contributed by atoms with van der Waals surface area (Å²) in [5.74, 6) is 2.18. The van der Waals surface area contributed by atoms with E-state index in [1.165, 1.54) is 0 Å². The second-order valence-corrected chi connectivity index (χ2v) is 4.91. The zero-order valence-corrected chi connectivity index (χ0v) is 11.4. The van der Waals surface area contributed by atoms with Crippen LogP contribution in [0, 0.1) is 6.92 Å². The average molecular weight is 272 g/mol. The van der Waals surface area contributed by atoms with E-state index < -0.39 is 5.91 Å². The Morgan fingerprint density at radius 2 is 2.20 bits per heavy atom. The average Bonchev–Trinajstić information content (AvgIpc) is 3.16. The Morgan fingerprint density at radius 1 is 1.45 bits per heavy atom. The predicted octanol–water partition coefficient (Wildman–Crippen LogP) is 0.989. The fraction of sp³-hybridized carbons (Fsp3) is 0.385. The monoisotopic (exact) mass is 272 g/mol. The largest absolute Gasteiger partial charge is 0.373 e. The lowest BCUT2D eigenvalue weighted by atomic mass is 10.3. The SMILES string of the molecule is CNc1nc(C2CC2)nc(-n2ccc(C(N)=O)n2)c1C. The maximum absolute atomic E-state index is 11.1. The first-order valence-corrected chi connectivity index (χ1v) is 6.52. The fourth-order valence-corrected chi connectivity index (χ4v) is 2.09. The number of aromatic nitrogens is 4. The van der Waals surface area contributed by atoms with Crippen LogP contribution < -0.4 is 11.1 Å². The zero-order chi connectivity index (χ0) is 14.3. The number of anilines is 1. The summed E-state index contributed by atoms with van der Waals surface area (Å²) >= 11 is 0. The Kier molecular flexibility index (Phi) is 2.89. The van der Waals surface area contributed by atoms with Gasteiger partial charge in [0.05, 0.1) is 0 Å². The van der Waals surface area contributed by atoms with Gasteiger partial charge in [-0.05, 0) is 25.8 Å². The highest BCUT2D eigenvalue weighted by Gasteiger charge is 2.28. The molecule has 2 heterocycles. The smallest absolute Gasteiger partial charge is 0.269 e. The third-order valence-corrected chi connectivity index (χ3v) is 3.38. The molecule has 2 aromatic heterocycles. The number of carbonyl (C=O) groups is 1. The van der Waals surface area contributed by atoms with E-state index in [2.05, 4.69) is 20.4 Å². The van der Waals surface area contributed by atoms with Crippen LogP contribution in [0.2, 0.25) is 0 Å². The molecule has 0 spiro atoms. The van der Waals surface area contributed by atoms with Crippen molar-refractivity contribution in [2.24, 2.45) is 5.73 Å². The molecular formula is C13H16N6O. The molecule has 20 heavy (non-hydrogen) atoms. The second kappa shape index (κ2) is 4.59. The quantitative estimate of drug-likeness (QED) is 0.864. The van der Waals surface area contributed by atoms with Gasteiger partial charge in [-0.2, -0.15) is 5.10 Å². The van der Waals surface area contributed by atoms with Crippen molar-refractivity contribution in [2.45, 2.75) is 25.7 Å². The lowest BCUT2D eigenvalue weighted by Gasteiger charge is -2.11. The fourth-order valence-electron chi connectivity index (χ4n) is 2.09. The molecule has 0 unspecified atom stereocenters. The zero-order valence-electron chi connectivity index (χ0n) is 11.4. The van der Waals surface area contributed by atoms with Crippen molar-refractivity contribution < 1.29 is 4.79 Å². The highest BCUT2D eigenvalue weighted by Crippen LogP contribution is 2.39. The molecular weight excluding hydrogens is 256 g/mol. The second-order valence-electron chi connectivity index (χ2n) is 4.91. The van der Waals surface area contributed by atoms with Gasteiger partial charge in [-0.1, -0.05) is 0 Å². The van der Waals surface area contributed by atoms with E-state index in [0.29, 0.717) is 11.7 Å². The van der Waals surface area contributed by atoms with E-state index in [4.69, 9.17) is 5.73 Å². The number of nitrogens with two attached hydrogens (primary N) is 1. The van der Waals surface area contributed by atoms with Gasteiger partial charge in [0.1, 0.15) is 17.3 Å². The lowest BCUT2D eigenvalue weighted by Crippen LogP contribution is -2.14. The van der Waals surface area contributed by atoms with Crippen LogP contribution in [-0.4, -0.2) is 32.7 Å². The molecule has 2 aromatic rings. The number of nitrogens with one attached hydrogen (secondary N) is 1. The van der Waals surface area contributed by atoms with Crippen LogP contribution in [0.15, 0.2) is 12.3 Å². The number of nitrogens with zero attached hydrogens (tertiary/aromatic N) is 4. The molecule has 3 N–H and O–H groups in total. The van der Waals surface area contributed by atoms with Gasteiger partial charge in [-0.15, -0.1) is 0 Å². The minimum atomic E-state index is -0.549. The standard InChI is InChI=1S/C13H16N6O/c1-7-11(15-2)16-12(8-3-4-8)17-13(7)19-6-5-9(18-19)10(14)20/h5-6,8H,3-4H2,1-2H3,(H2,14,20)(H,15,16,17). The van der Waals surface area contributed by atoms with Crippen LogP contribution in [0.4, 0.5) is 5.82 Å². The van der Waals surface area contributed by atoms with E-state index in [1.54, 1.807) is 16.9 Å². The van der Waals surface area contributed by atoms with Crippen molar-refractivity contribution >= 4 is 11.7 Å². The van der Waals surface area contributed by atoms with Crippen LogP contribution in [0.5, 0.6) is 0 Å². The van der Waals surface area contributed by atoms with Crippen molar-refractivity contribution in [3.05, 3.63) is 29.3 Å². The summed E-state index contributed by atoms with van der Waals surface area (Å²) in [5, 5.41) is 7.24. The van der Waals surface area contributed by atoms with Gasteiger partial charge in [-0.25, -0.2) is 14.6 Å². The van der Waals surface area contributed by atoms with Gasteiger partial charge >= 0.3 is 0 Å². The molecule has 0 radical (unpaired) electrons. The van der Waals surface area contributed by atoms with Gasteiger partial charge < -0.3 is 11.1 Å². The number of carbonyl (C=O) groups excluding carboxylic acids is 1. The van der Waals surface area contributed by atoms with Gasteiger partial charge in [-0.3, -0.25) is 4.79 Å². The number of hydrogen-bond acceptors (Lipinski definition) is 5. The van der Waals surface area contributed by atoms with E-state index >= 15 is 0 Å². The maximum atomic E-state index is 11.1. The number of amides is 1. The lowest BCUT2D eigenvalue weighted by molar-refractivity contribution is 0.0995. The number of primary amides is 1. The molecule has 104 valence electrons. The molecule has 0 aromatic carbocycles. The molecule has 0 bridgehead atoms. The van der Waals surface area contributed by atoms with E-state index in [1.807, 2.05) is 14.0 Å². The van der Waals surface area contributed by atoms with Crippen molar-refractivity contribution in [1.82, 2.24) is 19.7 Å². The molecule has 1 saturated carbocycles. The van der Waals surface area contributed by atoms with E-state index in [0.717, 1.165) is 30.0 Å². The summed E-state index contributed by atoms with van der Waals surface area (Å²) < 4.78 is 1.57. The van der Waals surface area contributed by atoms with Crippen molar-refractivity contribution in [1.29, 1.82) is 0 Å². The molecule has 7 nitrogen and oxygen atoms in total. The van der Waals surface area contributed by atoms with E-state index in [9.17, 15) is 4.79 Å². The van der Waals surface area contributed by atoms with Crippen molar-refractivity contribution in [3.8, 4) is 5.82 Å². The maximum Gasteiger partial charge on any atom is 0.269 e. The van der Waals surface area contributed by atoms with Crippen LogP contribution >= 0.6 is 0 Å². The molecule has 3 rings (SSSR count). The van der Waals surface area contributed by atoms with Gasteiger partial charge in [0, 0.05) is 24.7 Å². The summed E-state index contributed by atoms with van der Waals surface area (Å²) in [7, 11) is 1.83. The summed E-state index contributed by atoms with van der Waals surface area (Å²) in [4.78, 5) is 20.2. The minimum Gasteiger partial charge on any atom is -0.373 e. The molecule has 1 fully saturated rings. The Hall–Kier alpha value is -2.44. The minimum absolute atomic E-state index is 0.224. The number of hydrogen-bond donors (Lipinski definition) is 2. The predicted molar refractivity (Wildman–Crippen MR) is 73.9 cm³/mol. The normalized spacial score (nSPS) is 14.3.